The number of nitrogens with two attached hydrogens (primary N) is 1. The smallest absolute Gasteiger partial charge is 0.408 e. The molecule has 0 aliphatic carbocycles. The van der Waals surface area contributed by atoms with Gasteiger partial charge in [-0.1, -0.05) is 42.5 Å². The first kappa shape index (κ1) is 21.2. The van der Waals surface area contributed by atoms with Crippen molar-refractivity contribution in [2.24, 2.45) is 5.73 Å². The van der Waals surface area contributed by atoms with Crippen molar-refractivity contribution in [3.8, 4) is 0 Å². The minimum Gasteiger partial charge on any atom is -0.444 e. The minimum absolute atomic E-state index is 0.237. The number of fused-ring (bicyclic) bond motifs is 1. The van der Waals surface area contributed by atoms with Crippen LogP contribution in [0.3, 0.4) is 0 Å². The van der Waals surface area contributed by atoms with Crippen LogP contribution in [0, 0.1) is 0 Å². The third-order valence-corrected chi connectivity index (χ3v) is 4.05. The van der Waals surface area contributed by atoms with E-state index in [1.807, 2.05) is 42.5 Å². The molecule has 150 valence electrons. The number of benzene rings is 2. The highest BCUT2D eigenvalue weighted by Gasteiger charge is 2.26. The van der Waals surface area contributed by atoms with E-state index in [9.17, 15) is 14.4 Å². The first-order valence-electron chi connectivity index (χ1n) is 9.12. The second-order valence-electron chi connectivity index (χ2n) is 7.72. The zero-order chi connectivity index (χ0) is 20.9. The van der Waals surface area contributed by atoms with E-state index in [4.69, 9.17) is 10.5 Å². The number of primary amides is 1. The lowest BCUT2D eigenvalue weighted by atomic mass is 10.0. The summed E-state index contributed by atoms with van der Waals surface area (Å²) >= 11 is 0. The van der Waals surface area contributed by atoms with E-state index in [0.29, 0.717) is 0 Å². The summed E-state index contributed by atoms with van der Waals surface area (Å²) < 4.78 is 5.26. The fraction of sp³-hybridized carbons (Fsp3) is 0.381. The highest BCUT2D eigenvalue weighted by molar-refractivity contribution is 5.91. The summed E-state index contributed by atoms with van der Waals surface area (Å²) in [7, 11) is 0. The molecule has 0 saturated heterocycles. The highest BCUT2D eigenvalue weighted by atomic mass is 16.6. The average molecular weight is 385 g/mol. The third kappa shape index (κ3) is 6.26. The summed E-state index contributed by atoms with van der Waals surface area (Å²) in [6, 6.07) is 11.9. The number of rotatable bonds is 6. The van der Waals surface area contributed by atoms with Crippen molar-refractivity contribution in [2.45, 2.75) is 51.8 Å². The number of ether oxygens (including phenoxy) is 1. The molecule has 0 radical (unpaired) electrons. The number of carbonyl (C=O) groups is 3. The van der Waals surface area contributed by atoms with Gasteiger partial charge in [0.2, 0.25) is 11.8 Å². The molecule has 0 bridgehead atoms. The van der Waals surface area contributed by atoms with Crippen LogP contribution < -0.4 is 16.4 Å². The first-order chi connectivity index (χ1) is 13.0. The summed E-state index contributed by atoms with van der Waals surface area (Å²) in [5, 5.41) is 7.22. The standard InChI is InChI=1S/C21H27N3O4/c1-13(18(22)25)23-19(26)17(24-20(27)28-21(2,3)4)12-14-9-10-15-7-5-6-8-16(15)11-14/h5-11,13,17H,12H2,1-4H3,(H2,22,25)(H,23,26)(H,24,27)/t13-,17?/m0/s1. The fourth-order valence-electron chi connectivity index (χ4n) is 2.65. The Balaban J connectivity index is 2.21. The molecule has 0 heterocycles. The predicted molar refractivity (Wildman–Crippen MR) is 108 cm³/mol. The summed E-state index contributed by atoms with van der Waals surface area (Å²) in [6.07, 6.45) is -0.471. The molecule has 2 aromatic carbocycles. The van der Waals surface area contributed by atoms with Crippen LogP contribution >= 0.6 is 0 Å². The molecule has 0 aliphatic rings. The number of hydrogen-bond acceptors (Lipinski definition) is 4. The van der Waals surface area contributed by atoms with Gasteiger partial charge in [-0.05, 0) is 44.0 Å². The molecule has 2 rings (SSSR count). The Morgan fingerprint density at radius 3 is 2.29 bits per heavy atom. The molecule has 0 aliphatic heterocycles. The van der Waals surface area contributed by atoms with Gasteiger partial charge in [0.1, 0.15) is 17.7 Å². The summed E-state index contributed by atoms with van der Waals surface area (Å²) in [6.45, 7) is 6.70. The monoisotopic (exact) mass is 385 g/mol. The molecule has 0 saturated carbocycles. The van der Waals surface area contributed by atoms with Crippen LogP contribution in [0.15, 0.2) is 42.5 Å². The molecule has 2 aromatic rings. The average Bonchev–Trinajstić information content (AvgIpc) is 2.59. The zero-order valence-corrected chi connectivity index (χ0v) is 16.6. The van der Waals surface area contributed by atoms with Gasteiger partial charge in [0.15, 0.2) is 0 Å². The Morgan fingerprint density at radius 2 is 1.68 bits per heavy atom. The molecule has 7 heteroatoms. The number of hydrogen-bond donors (Lipinski definition) is 3. The van der Waals surface area contributed by atoms with Gasteiger partial charge in [0, 0.05) is 6.42 Å². The molecule has 7 nitrogen and oxygen atoms in total. The molecule has 3 amide bonds. The van der Waals surface area contributed by atoms with Gasteiger partial charge in [-0.15, -0.1) is 0 Å². The molecule has 0 spiro atoms. The van der Waals surface area contributed by atoms with Gasteiger partial charge in [-0.3, -0.25) is 9.59 Å². The zero-order valence-electron chi connectivity index (χ0n) is 16.6. The number of nitrogens with one attached hydrogen (secondary N) is 2. The van der Waals surface area contributed by atoms with Gasteiger partial charge in [0.25, 0.3) is 0 Å². The van der Waals surface area contributed by atoms with Crippen molar-refractivity contribution in [1.82, 2.24) is 10.6 Å². The molecule has 2 atom stereocenters. The Bertz CT molecular complexity index is 873. The van der Waals surface area contributed by atoms with E-state index >= 15 is 0 Å². The van der Waals surface area contributed by atoms with Crippen molar-refractivity contribution < 1.29 is 19.1 Å². The van der Waals surface area contributed by atoms with Crippen LogP contribution in [-0.4, -0.2) is 35.6 Å². The Hall–Kier alpha value is -3.09. The quantitative estimate of drug-likeness (QED) is 0.708. The molecular weight excluding hydrogens is 358 g/mol. The fourth-order valence-corrected chi connectivity index (χ4v) is 2.65. The van der Waals surface area contributed by atoms with Crippen molar-refractivity contribution in [1.29, 1.82) is 0 Å². The maximum absolute atomic E-state index is 12.6. The molecular formula is C21H27N3O4. The normalized spacial score (nSPS) is 13.4. The van der Waals surface area contributed by atoms with E-state index in [0.717, 1.165) is 16.3 Å². The lowest BCUT2D eigenvalue weighted by molar-refractivity contribution is -0.128. The topological polar surface area (TPSA) is 111 Å². The van der Waals surface area contributed by atoms with E-state index < -0.39 is 35.6 Å². The number of amides is 3. The van der Waals surface area contributed by atoms with Gasteiger partial charge >= 0.3 is 6.09 Å². The van der Waals surface area contributed by atoms with Crippen molar-refractivity contribution in [2.75, 3.05) is 0 Å². The maximum Gasteiger partial charge on any atom is 0.408 e. The van der Waals surface area contributed by atoms with Gasteiger partial charge in [-0.2, -0.15) is 0 Å². The second kappa shape index (κ2) is 8.73. The molecule has 0 fully saturated rings. The second-order valence-corrected chi connectivity index (χ2v) is 7.72. The minimum atomic E-state index is -0.919. The van der Waals surface area contributed by atoms with E-state index in [2.05, 4.69) is 10.6 Å². The van der Waals surface area contributed by atoms with Crippen LogP contribution in [0.4, 0.5) is 4.79 Å². The lowest BCUT2D eigenvalue weighted by Crippen LogP contribution is -2.53. The summed E-state index contributed by atoms with van der Waals surface area (Å²) in [4.78, 5) is 36.1. The highest BCUT2D eigenvalue weighted by Crippen LogP contribution is 2.17. The Kier molecular flexibility index (Phi) is 6.62. The molecule has 1 unspecified atom stereocenters. The number of alkyl carbamates (subject to hydrolysis) is 1. The van der Waals surface area contributed by atoms with Crippen molar-refractivity contribution in [3.63, 3.8) is 0 Å². The molecule has 0 aromatic heterocycles. The summed E-state index contributed by atoms with van der Waals surface area (Å²) in [5.74, 6) is -1.17. The van der Waals surface area contributed by atoms with Crippen LogP contribution in [-0.2, 0) is 20.7 Å². The molecule has 4 N–H and O–H groups in total. The van der Waals surface area contributed by atoms with E-state index in [-0.39, 0.29) is 6.42 Å². The number of carbonyl (C=O) groups excluding carboxylic acids is 3. The van der Waals surface area contributed by atoms with Crippen LogP contribution in [0.5, 0.6) is 0 Å². The van der Waals surface area contributed by atoms with Crippen LogP contribution in [0.1, 0.15) is 33.3 Å². The first-order valence-corrected chi connectivity index (χ1v) is 9.12. The van der Waals surface area contributed by atoms with Crippen molar-refractivity contribution in [3.05, 3.63) is 48.0 Å². The van der Waals surface area contributed by atoms with Gasteiger partial charge < -0.3 is 21.1 Å². The van der Waals surface area contributed by atoms with Crippen LogP contribution in [0.25, 0.3) is 10.8 Å². The predicted octanol–water partition coefficient (Wildman–Crippen LogP) is 2.27. The van der Waals surface area contributed by atoms with E-state index in [1.165, 1.54) is 6.92 Å². The van der Waals surface area contributed by atoms with Crippen LogP contribution in [0.2, 0.25) is 0 Å². The Labute approximate surface area is 164 Å². The SMILES string of the molecule is C[C@H](NC(=O)C(Cc1ccc2ccccc2c1)NC(=O)OC(C)(C)C)C(N)=O. The van der Waals surface area contributed by atoms with Crippen molar-refractivity contribution >= 4 is 28.7 Å². The van der Waals surface area contributed by atoms with Gasteiger partial charge in [-0.25, -0.2) is 4.79 Å². The molecule has 28 heavy (non-hydrogen) atoms. The van der Waals surface area contributed by atoms with E-state index in [1.54, 1.807) is 20.8 Å². The summed E-state index contributed by atoms with van der Waals surface area (Å²) in [5.41, 5.74) is 5.38. The van der Waals surface area contributed by atoms with Gasteiger partial charge in [0.05, 0.1) is 0 Å². The third-order valence-electron chi connectivity index (χ3n) is 4.05. The maximum atomic E-state index is 12.6. The largest absolute Gasteiger partial charge is 0.444 e. The Morgan fingerprint density at radius 1 is 1.04 bits per heavy atom. The lowest BCUT2D eigenvalue weighted by Gasteiger charge is -2.24.